The average molecular weight is 350 g/mol. The molecule has 24 heavy (non-hydrogen) atoms. The molecule has 1 aromatic heterocycles. The highest BCUT2D eigenvalue weighted by molar-refractivity contribution is 7.99. The van der Waals surface area contributed by atoms with Crippen LogP contribution in [0.15, 0.2) is 27.8 Å². The van der Waals surface area contributed by atoms with E-state index in [-0.39, 0.29) is 5.91 Å². The van der Waals surface area contributed by atoms with Gasteiger partial charge in [-0.05, 0) is 42.4 Å². The molecule has 0 spiro atoms. The predicted molar refractivity (Wildman–Crippen MR) is 97.6 cm³/mol. The maximum absolute atomic E-state index is 12.3. The van der Waals surface area contributed by atoms with E-state index in [4.69, 9.17) is 4.42 Å². The number of carbonyl (C=O) groups excluding carboxylic acids is 1. The molecule has 6 nitrogen and oxygen atoms in total. The third-order valence-electron chi connectivity index (χ3n) is 4.70. The fourth-order valence-corrected chi connectivity index (χ4v) is 4.40. The molecule has 3 heterocycles. The second-order valence-corrected chi connectivity index (χ2v) is 7.47. The van der Waals surface area contributed by atoms with E-state index in [2.05, 4.69) is 27.0 Å². The number of furan rings is 1. The lowest BCUT2D eigenvalue weighted by Gasteiger charge is -2.36. The van der Waals surface area contributed by atoms with Crippen molar-refractivity contribution in [1.29, 1.82) is 0 Å². The summed E-state index contributed by atoms with van der Waals surface area (Å²) in [4.78, 5) is 20.8. The zero-order valence-electron chi connectivity index (χ0n) is 14.2. The van der Waals surface area contributed by atoms with Crippen molar-refractivity contribution in [3.63, 3.8) is 0 Å². The molecule has 1 N–H and O–H groups in total. The van der Waals surface area contributed by atoms with Gasteiger partial charge in [0.15, 0.2) is 11.7 Å². The number of hydrogen-bond acceptors (Lipinski definition) is 4. The molecular weight excluding hydrogens is 324 g/mol. The van der Waals surface area contributed by atoms with Crippen LogP contribution in [0.3, 0.4) is 0 Å². The molecule has 0 aliphatic carbocycles. The first-order chi connectivity index (χ1) is 11.8. The third kappa shape index (κ3) is 4.26. The van der Waals surface area contributed by atoms with Crippen LogP contribution in [0, 0.1) is 5.92 Å². The van der Waals surface area contributed by atoms with E-state index in [1.807, 2.05) is 11.9 Å². The highest BCUT2D eigenvalue weighted by atomic mass is 32.2. The summed E-state index contributed by atoms with van der Waals surface area (Å²) in [5.74, 6) is 4.66. The lowest BCUT2D eigenvalue weighted by atomic mass is 10.0. The van der Waals surface area contributed by atoms with Crippen LogP contribution in [0.1, 0.15) is 23.4 Å². The predicted octanol–water partition coefficient (Wildman–Crippen LogP) is 1.76. The molecule has 0 bridgehead atoms. The Bertz CT molecular complexity index is 547. The molecule has 0 unspecified atom stereocenters. The highest BCUT2D eigenvalue weighted by Gasteiger charge is 2.25. The number of thioether (sulfide) groups is 1. The van der Waals surface area contributed by atoms with E-state index in [0.29, 0.717) is 18.8 Å². The number of nitrogens with zero attached hydrogens (tertiary/aromatic N) is 3. The average Bonchev–Trinajstić information content (AvgIpc) is 3.18. The fraction of sp³-hybridized carbons (Fsp3) is 0.647. The SMILES string of the molecule is CN=C(NCC1CCSCC1)N1CCN(C(=O)c2ccco2)CC1. The summed E-state index contributed by atoms with van der Waals surface area (Å²) in [6, 6.07) is 3.47. The Balaban J connectivity index is 1.46. The Morgan fingerprint density at radius 1 is 1.29 bits per heavy atom. The molecule has 2 aliphatic heterocycles. The van der Waals surface area contributed by atoms with Gasteiger partial charge < -0.3 is 19.5 Å². The molecule has 1 amide bonds. The number of guanidine groups is 1. The van der Waals surface area contributed by atoms with Gasteiger partial charge in [-0.3, -0.25) is 9.79 Å². The van der Waals surface area contributed by atoms with Crippen molar-refractivity contribution in [3.8, 4) is 0 Å². The van der Waals surface area contributed by atoms with Crippen molar-refractivity contribution in [1.82, 2.24) is 15.1 Å². The van der Waals surface area contributed by atoms with Gasteiger partial charge in [0.1, 0.15) is 0 Å². The maximum atomic E-state index is 12.3. The minimum absolute atomic E-state index is 0.0256. The van der Waals surface area contributed by atoms with Crippen molar-refractivity contribution in [3.05, 3.63) is 24.2 Å². The molecule has 0 atom stereocenters. The summed E-state index contributed by atoms with van der Waals surface area (Å²) in [5.41, 5.74) is 0. The molecule has 0 aromatic carbocycles. The third-order valence-corrected chi connectivity index (χ3v) is 5.75. The van der Waals surface area contributed by atoms with Crippen molar-refractivity contribution in [2.75, 3.05) is 51.3 Å². The second-order valence-electron chi connectivity index (χ2n) is 6.24. The molecular formula is C17H26N4O2S. The van der Waals surface area contributed by atoms with E-state index >= 15 is 0 Å². The van der Waals surface area contributed by atoms with Gasteiger partial charge in [-0.25, -0.2) is 0 Å². The molecule has 3 rings (SSSR count). The standard InChI is InChI=1S/C17H26N4O2S/c1-18-17(19-13-14-4-11-24-12-5-14)21-8-6-20(7-9-21)16(22)15-3-2-10-23-15/h2-3,10,14H,4-9,11-13H2,1H3,(H,18,19). The smallest absolute Gasteiger partial charge is 0.289 e. The van der Waals surface area contributed by atoms with Crippen molar-refractivity contribution >= 4 is 23.6 Å². The summed E-state index contributed by atoms with van der Waals surface area (Å²) in [5, 5.41) is 3.53. The minimum Gasteiger partial charge on any atom is -0.459 e. The normalized spacial score (nSPS) is 20.3. The molecule has 1 aromatic rings. The minimum atomic E-state index is -0.0256. The topological polar surface area (TPSA) is 61.1 Å². The van der Waals surface area contributed by atoms with Crippen LogP contribution in [0.2, 0.25) is 0 Å². The summed E-state index contributed by atoms with van der Waals surface area (Å²) >= 11 is 2.05. The lowest BCUT2D eigenvalue weighted by molar-refractivity contribution is 0.0657. The van der Waals surface area contributed by atoms with E-state index in [1.54, 1.807) is 18.4 Å². The van der Waals surface area contributed by atoms with Gasteiger partial charge in [0, 0.05) is 39.8 Å². The number of rotatable bonds is 3. The fourth-order valence-electron chi connectivity index (χ4n) is 3.20. The quantitative estimate of drug-likeness (QED) is 0.665. The summed E-state index contributed by atoms with van der Waals surface area (Å²) in [7, 11) is 1.83. The number of piperazine rings is 1. The Hall–Kier alpha value is -1.63. The van der Waals surface area contributed by atoms with Crippen LogP contribution >= 0.6 is 11.8 Å². The second kappa shape index (κ2) is 8.46. The zero-order chi connectivity index (χ0) is 16.8. The number of hydrogen-bond donors (Lipinski definition) is 1. The van der Waals surface area contributed by atoms with E-state index in [1.165, 1.54) is 24.3 Å². The maximum Gasteiger partial charge on any atom is 0.289 e. The first-order valence-corrected chi connectivity index (χ1v) is 9.79. The number of aliphatic imine (C=N–C) groups is 1. The van der Waals surface area contributed by atoms with Crippen molar-refractivity contribution in [2.24, 2.45) is 10.9 Å². The molecule has 7 heteroatoms. The monoisotopic (exact) mass is 350 g/mol. The lowest BCUT2D eigenvalue weighted by Crippen LogP contribution is -2.54. The Morgan fingerprint density at radius 2 is 2.00 bits per heavy atom. The van der Waals surface area contributed by atoms with Crippen molar-refractivity contribution in [2.45, 2.75) is 12.8 Å². The van der Waals surface area contributed by atoms with Crippen LogP contribution in [0.4, 0.5) is 0 Å². The van der Waals surface area contributed by atoms with Gasteiger partial charge in [0.25, 0.3) is 5.91 Å². The number of carbonyl (C=O) groups is 1. The zero-order valence-corrected chi connectivity index (χ0v) is 15.1. The van der Waals surface area contributed by atoms with Gasteiger partial charge in [-0.15, -0.1) is 0 Å². The first-order valence-electron chi connectivity index (χ1n) is 8.64. The molecule has 0 saturated carbocycles. The number of amides is 1. The van der Waals surface area contributed by atoms with E-state index in [0.717, 1.165) is 31.5 Å². The van der Waals surface area contributed by atoms with E-state index in [9.17, 15) is 4.79 Å². The number of nitrogens with one attached hydrogen (secondary N) is 1. The molecule has 2 saturated heterocycles. The van der Waals surface area contributed by atoms with Crippen LogP contribution in [0.5, 0.6) is 0 Å². The first kappa shape index (κ1) is 17.2. The van der Waals surface area contributed by atoms with Gasteiger partial charge in [0.2, 0.25) is 0 Å². The Morgan fingerprint density at radius 3 is 2.62 bits per heavy atom. The van der Waals surface area contributed by atoms with Gasteiger partial charge in [0.05, 0.1) is 6.26 Å². The summed E-state index contributed by atoms with van der Waals surface area (Å²) in [6.07, 6.45) is 4.12. The molecule has 2 aliphatic rings. The Kier molecular flexibility index (Phi) is 6.07. The van der Waals surface area contributed by atoms with Gasteiger partial charge >= 0.3 is 0 Å². The molecule has 2 fully saturated rings. The van der Waals surface area contributed by atoms with Crippen LogP contribution in [-0.2, 0) is 0 Å². The highest BCUT2D eigenvalue weighted by Crippen LogP contribution is 2.22. The molecule has 0 radical (unpaired) electrons. The summed E-state index contributed by atoms with van der Waals surface area (Å²) < 4.78 is 5.21. The van der Waals surface area contributed by atoms with Gasteiger partial charge in [-0.1, -0.05) is 0 Å². The molecule has 132 valence electrons. The van der Waals surface area contributed by atoms with Crippen LogP contribution in [0.25, 0.3) is 0 Å². The summed E-state index contributed by atoms with van der Waals surface area (Å²) in [6.45, 7) is 3.98. The van der Waals surface area contributed by atoms with Crippen molar-refractivity contribution < 1.29 is 9.21 Å². The van der Waals surface area contributed by atoms with Crippen LogP contribution < -0.4 is 5.32 Å². The van der Waals surface area contributed by atoms with Crippen LogP contribution in [-0.4, -0.2) is 72.9 Å². The Labute approximate surface area is 147 Å². The largest absolute Gasteiger partial charge is 0.459 e. The van der Waals surface area contributed by atoms with Gasteiger partial charge in [-0.2, -0.15) is 11.8 Å². The van der Waals surface area contributed by atoms with E-state index < -0.39 is 0 Å².